The summed E-state index contributed by atoms with van der Waals surface area (Å²) in [6.07, 6.45) is 0.613. The molecule has 16 heavy (non-hydrogen) atoms. The van der Waals surface area contributed by atoms with E-state index in [9.17, 15) is 5.11 Å². The first-order chi connectivity index (χ1) is 7.38. The minimum absolute atomic E-state index is 0.0467. The maximum absolute atomic E-state index is 9.52. The van der Waals surface area contributed by atoms with Gasteiger partial charge >= 0.3 is 0 Å². The summed E-state index contributed by atoms with van der Waals surface area (Å²) in [6, 6.07) is 7.78. The Hall–Kier alpha value is -1.06. The first kappa shape index (κ1) is 13.0. The minimum atomic E-state index is -0.675. The van der Waals surface area contributed by atoms with Crippen LogP contribution < -0.4 is 10.5 Å². The van der Waals surface area contributed by atoms with Crippen molar-refractivity contribution in [2.75, 3.05) is 6.61 Å². The molecule has 3 N–H and O–H groups in total. The number of nitrogens with two attached hydrogens (primary N) is 1. The molecule has 90 valence electrons. The van der Waals surface area contributed by atoms with Crippen molar-refractivity contribution in [3.05, 3.63) is 29.8 Å². The van der Waals surface area contributed by atoms with Gasteiger partial charge in [0.1, 0.15) is 5.75 Å². The minimum Gasteiger partial charge on any atom is -0.493 e. The predicted octanol–water partition coefficient (Wildman–Crippen LogP) is 2.25. The van der Waals surface area contributed by atoms with Gasteiger partial charge in [0.2, 0.25) is 0 Å². The Labute approximate surface area is 97.2 Å². The van der Waals surface area contributed by atoms with E-state index in [4.69, 9.17) is 10.5 Å². The molecule has 0 aliphatic rings. The van der Waals surface area contributed by atoms with Gasteiger partial charge in [-0.3, -0.25) is 0 Å². The highest BCUT2D eigenvalue weighted by atomic mass is 16.5. The highest BCUT2D eigenvalue weighted by Crippen LogP contribution is 2.17. The summed E-state index contributed by atoms with van der Waals surface area (Å²) in [7, 11) is 0. The molecular formula is C13H21NO2. The Morgan fingerprint density at radius 1 is 1.31 bits per heavy atom. The van der Waals surface area contributed by atoms with E-state index in [0.717, 1.165) is 11.3 Å². The summed E-state index contributed by atoms with van der Waals surface area (Å²) in [4.78, 5) is 0. The summed E-state index contributed by atoms with van der Waals surface area (Å²) in [5.74, 6) is 0.814. The lowest BCUT2D eigenvalue weighted by Gasteiger charge is -2.17. The van der Waals surface area contributed by atoms with Crippen LogP contribution in [0, 0.1) is 0 Å². The van der Waals surface area contributed by atoms with Crippen molar-refractivity contribution < 1.29 is 9.84 Å². The van der Waals surface area contributed by atoms with Gasteiger partial charge in [-0.2, -0.15) is 0 Å². The van der Waals surface area contributed by atoms with Crippen molar-refractivity contribution >= 4 is 0 Å². The number of hydrogen-bond acceptors (Lipinski definition) is 3. The van der Waals surface area contributed by atoms with E-state index in [1.54, 1.807) is 13.8 Å². The maximum Gasteiger partial charge on any atom is 0.119 e. The van der Waals surface area contributed by atoms with Gasteiger partial charge in [-0.25, -0.2) is 0 Å². The summed E-state index contributed by atoms with van der Waals surface area (Å²) < 4.78 is 5.52. The third-order valence-corrected chi connectivity index (χ3v) is 2.39. The Balaban J connectivity index is 2.44. The molecule has 1 unspecified atom stereocenters. The molecule has 1 rings (SSSR count). The Morgan fingerprint density at radius 2 is 1.88 bits per heavy atom. The normalized spacial score (nSPS) is 13.6. The molecule has 1 aromatic carbocycles. The molecule has 3 heteroatoms. The van der Waals surface area contributed by atoms with Gasteiger partial charge in [-0.15, -0.1) is 0 Å². The molecule has 0 bridgehead atoms. The van der Waals surface area contributed by atoms with Gasteiger partial charge in [0.25, 0.3) is 0 Å². The zero-order valence-corrected chi connectivity index (χ0v) is 10.2. The van der Waals surface area contributed by atoms with Crippen LogP contribution in [-0.4, -0.2) is 17.3 Å². The standard InChI is InChI=1S/C13H21NO2/c1-10(14)11-4-6-12(7-5-11)16-9-8-13(2,3)15/h4-7,10,15H,8-9,14H2,1-3H3. The van der Waals surface area contributed by atoms with Gasteiger partial charge in [-0.1, -0.05) is 12.1 Å². The molecule has 0 aliphatic heterocycles. The summed E-state index contributed by atoms with van der Waals surface area (Å²) in [5.41, 5.74) is 6.16. The van der Waals surface area contributed by atoms with E-state index in [-0.39, 0.29) is 6.04 Å². The van der Waals surface area contributed by atoms with Gasteiger partial charge < -0.3 is 15.6 Å². The number of aliphatic hydroxyl groups is 1. The zero-order chi connectivity index (χ0) is 12.2. The van der Waals surface area contributed by atoms with Crippen LogP contribution >= 0.6 is 0 Å². The molecule has 0 aromatic heterocycles. The van der Waals surface area contributed by atoms with Gasteiger partial charge in [0, 0.05) is 12.5 Å². The zero-order valence-electron chi connectivity index (χ0n) is 10.2. The highest BCUT2D eigenvalue weighted by Gasteiger charge is 2.11. The van der Waals surface area contributed by atoms with Gasteiger partial charge in [-0.05, 0) is 38.5 Å². The first-order valence-corrected chi connectivity index (χ1v) is 5.59. The number of benzene rings is 1. The molecule has 0 fully saturated rings. The molecule has 0 saturated heterocycles. The lowest BCUT2D eigenvalue weighted by molar-refractivity contribution is 0.0553. The monoisotopic (exact) mass is 223 g/mol. The smallest absolute Gasteiger partial charge is 0.119 e. The average molecular weight is 223 g/mol. The molecule has 1 atom stereocenters. The maximum atomic E-state index is 9.52. The van der Waals surface area contributed by atoms with Crippen LogP contribution in [0.3, 0.4) is 0 Å². The van der Waals surface area contributed by atoms with Crippen LogP contribution in [-0.2, 0) is 0 Å². The van der Waals surface area contributed by atoms with Crippen LogP contribution in [0.4, 0.5) is 0 Å². The molecule has 0 aliphatic carbocycles. The SMILES string of the molecule is CC(N)c1ccc(OCCC(C)(C)O)cc1. The Kier molecular flexibility index (Phi) is 4.33. The third-order valence-electron chi connectivity index (χ3n) is 2.39. The van der Waals surface area contributed by atoms with Crippen molar-refractivity contribution in [2.24, 2.45) is 5.73 Å². The van der Waals surface area contributed by atoms with Crippen LogP contribution in [0.2, 0.25) is 0 Å². The molecule has 0 heterocycles. The van der Waals surface area contributed by atoms with Crippen molar-refractivity contribution in [1.82, 2.24) is 0 Å². The fourth-order valence-corrected chi connectivity index (χ4v) is 1.29. The fourth-order valence-electron chi connectivity index (χ4n) is 1.29. The number of hydrogen-bond donors (Lipinski definition) is 2. The van der Waals surface area contributed by atoms with Crippen molar-refractivity contribution in [3.63, 3.8) is 0 Å². The van der Waals surface area contributed by atoms with Crippen LogP contribution in [0.15, 0.2) is 24.3 Å². The lowest BCUT2D eigenvalue weighted by Crippen LogP contribution is -2.21. The second-order valence-electron chi connectivity index (χ2n) is 4.77. The molecule has 3 nitrogen and oxygen atoms in total. The quantitative estimate of drug-likeness (QED) is 0.805. The predicted molar refractivity (Wildman–Crippen MR) is 65.5 cm³/mol. The summed E-state index contributed by atoms with van der Waals surface area (Å²) >= 11 is 0. The van der Waals surface area contributed by atoms with E-state index in [2.05, 4.69) is 0 Å². The van der Waals surface area contributed by atoms with E-state index in [0.29, 0.717) is 13.0 Å². The molecule has 0 saturated carbocycles. The summed E-state index contributed by atoms with van der Waals surface area (Å²) in [6.45, 7) is 6.01. The third kappa shape index (κ3) is 4.64. The van der Waals surface area contributed by atoms with Crippen molar-refractivity contribution in [1.29, 1.82) is 0 Å². The molecular weight excluding hydrogens is 202 g/mol. The van der Waals surface area contributed by atoms with Gasteiger partial charge in [0.05, 0.1) is 12.2 Å². The van der Waals surface area contributed by atoms with E-state index < -0.39 is 5.60 Å². The average Bonchev–Trinajstić information content (AvgIpc) is 2.16. The van der Waals surface area contributed by atoms with Crippen LogP contribution in [0.1, 0.15) is 38.8 Å². The molecule has 1 aromatic rings. The second kappa shape index (κ2) is 5.32. The van der Waals surface area contributed by atoms with E-state index in [1.807, 2.05) is 31.2 Å². The summed E-state index contributed by atoms with van der Waals surface area (Å²) in [5, 5.41) is 9.52. The van der Waals surface area contributed by atoms with Crippen molar-refractivity contribution in [3.8, 4) is 5.75 Å². The molecule has 0 spiro atoms. The number of ether oxygens (including phenoxy) is 1. The largest absolute Gasteiger partial charge is 0.493 e. The van der Waals surface area contributed by atoms with Crippen LogP contribution in [0.25, 0.3) is 0 Å². The topological polar surface area (TPSA) is 55.5 Å². The van der Waals surface area contributed by atoms with Crippen molar-refractivity contribution in [2.45, 2.75) is 38.8 Å². The fraction of sp³-hybridized carbons (Fsp3) is 0.538. The van der Waals surface area contributed by atoms with Gasteiger partial charge in [0.15, 0.2) is 0 Å². The van der Waals surface area contributed by atoms with E-state index >= 15 is 0 Å². The second-order valence-corrected chi connectivity index (χ2v) is 4.77. The lowest BCUT2D eigenvalue weighted by atomic mass is 10.1. The highest BCUT2D eigenvalue weighted by molar-refractivity contribution is 5.28. The number of rotatable bonds is 5. The van der Waals surface area contributed by atoms with E-state index in [1.165, 1.54) is 0 Å². The molecule has 0 radical (unpaired) electrons. The first-order valence-electron chi connectivity index (χ1n) is 5.59. The Morgan fingerprint density at radius 3 is 2.31 bits per heavy atom. The Bertz CT molecular complexity index is 312. The molecule has 0 amide bonds. The van der Waals surface area contributed by atoms with Crippen LogP contribution in [0.5, 0.6) is 5.75 Å².